The van der Waals surface area contributed by atoms with Crippen LogP contribution >= 0.6 is 12.6 Å². The minimum Gasteiger partial charge on any atom is -0.331 e. The van der Waals surface area contributed by atoms with E-state index in [4.69, 9.17) is 5.41 Å². The van der Waals surface area contributed by atoms with E-state index in [1.807, 2.05) is 29.2 Å². The summed E-state index contributed by atoms with van der Waals surface area (Å²) in [6.07, 6.45) is 7.41. The third-order valence-electron chi connectivity index (χ3n) is 5.82. The Hall–Kier alpha value is -2.33. The van der Waals surface area contributed by atoms with Gasteiger partial charge in [-0.1, -0.05) is 75.2 Å². The van der Waals surface area contributed by atoms with Crippen LogP contribution in [0.1, 0.15) is 79.4 Å². The van der Waals surface area contributed by atoms with Crippen molar-refractivity contribution in [3.63, 3.8) is 0 Å². The van der Waals surface area contributed by atoms with Gasteiger partial charge in [-0.05, 0) is 67.2 Å². The minimum atomic E-state index is 0.0885. The number of hydrogen-bond donors (Lipinski definition) is 2. The van der Waals surface area contributed by atoms with Gasteiger partial charge >= 0.3 is 0 Å². The van der Waals surface area contributed by atoms with E-state index in [0.717, 1.165) is 60.4 Å². The van der Waals surface area contributed by atoms with E-state index >= 15 is 0 Å². The molecule has 32 heavy (non-hydrogen) atoms. The molecule has 1 aliphatic heterocycles. The number of nitrogens with one attached hydrogen (secondary N) is 1. The van der Waals surface area contributed by atoms with E-state index in [1.165, 1.54) is 24.0 Å². The molecule has 1 N–H and O–H groups in total. The summed E-state index contributed by atoms with van der Waals surface area (Å²) in [5.41, 5.74) is 5.13. The molecule has 1 heterocycles. The molecule has 0 radical (unpaired) electrons. The molecule has 1 atom stereocenters. The molecule has 172 valence electrons. The van der Waals surface area contributed by atoms with Gasteiger partial charge in [0.2, 0.25) is 0 Å². The van der Waals surface area contributed by atoms with Crippen molar-refractivity contribution in [3.05, 3.63) is 82.3 Å². The number of hydrogen-bond acceptors (Lipinski definition) is 3. The number of aryl methyl sites for hydroxylation is 2. The van der Waals surface area contributed by atoms with Crippen LogP contribution in [0.2, 0.25) is 0 Å². The minimum absolute atomic E-state index is 0.0885. The lowest BCUT2D eigenvalue weighted by atomic mass is 10.1. The molecule has 0 aliphatic carbocycles. The maximum Gasteiger partial charge on any atom is 0.254 e. The molecule has 1 amide bonds. The molecule has 1 fully saturated rings. The molecule has 4 heteroatoms. The Bertz CT molecular complexity index is 887. The predicted octanol–water partition coefficient (Wildman–Crippen LogP) is 7.24. The summed E-state index contributed by atoms with van der Waals surface area (Å²) in [6, 6.07) is 16.3. The van der Waals surface area contributed by atoms with Crippen LogP contribution < -0.4 is 0 Å². The summed E-state index contributed by atoms with van der Waals surface area (Å²) in [6.45, 7) is 11.0. The van der Waals surface area contributed by atoms with Gasteiger partial charge in [0.15, 0.2) is 0 Å². The molecule has 1 aliphatic rings. The molecule has 3 nitrogen and oxygen atoms in total. The number of rotatable bonds is 8. The quantitative estimate of drug-likeness (QED) is 0.323. The molecule has 1 unspecified atom stereocenters. The van der Waals surface area contributed by atoms with Crippen molar-refractivity contribution < 1.29 is 4.79 Å². The van der Waals surface area contributed by atoms with Crippen LogP contribution in [-0.2, 0) is 6.42 Å². The fourth-order valence-electron chi connectivity index (χ4n) is 3.87. The number of carbonyl (C=O) groups is 1. The molecule has 0 bridgehead atoms. The maximum absolute atomic E-state index is 12.5. The lowest BCUT2D eigenvalue weighted by molar-refractivity contribution is 0.0760. The van der Waals surface area contributed by atoms with E-state index in [0.29, 0.717) is 0 Å². The Morgan fingerprint density at radius 1 is 1.06 bits per heavy atom. The summed E-state index contributed by atoms with van der Waals surface area (Å²) in [4.78, 5) is 15.2. The smallest absolute Gasteiger partial charge is 0.254 e. The highest BCUT2D eigenvalue weighted by atomic mass is 32.1. The van der Waals surface area contributed by atoms with E-state index in [1.54, 1.807) is 0 Å². The Kier molecular flexibility index (Phi) is 10.8. The summed E-state index contributed by atoms with van der Waals surface area (Å²) >= 11 is 4.33. The van der Waals surface area contributed by atoms with Crippen molar-refractivity contribution in [2.24, 2.45) is 0 Å². The summed E-state index contributed by atoms with van der Waals surface area (Å²) in [7, 11) is 0. The summed E-state index contributed by atoms with van der Waals surface area (Å²) in [5.74, 6) is 0.102. The summed E-state index contributed by atoms with van der Waals surface area (Å²) < 4.78 is 0. The van der Waals surface area contributed by atoms with Gasteiger partial charge in [-0.2, -0.15) is 0 Å². The average molecular weight is 451 g/mol. The first-order chi connectivity index (χ1) is 15.4. The molecule has 3 rings (SSSR count). The Morgan fingerprint density at radius 3 is 2.25 bits per heavy atom. The van der Waals surface area contributed by atoms with E-state index in [9.17, 15) is 4.79 Å². The first-order valence-electron chi connectivity index (χ1n) is 11.8. The van der Waals surface area contributed by atoms with Gasteiger partial charge in [-0.25, -0.2) is 0 Å². The van der Waals surface area contributed by atoms with Crippen molar-refractivity contribution in [1.29, 1.82) is 5.41 Å². The number of likely N-dealkylation sites (tertiary alicyclic amines) is 1. The summed E-state index contributed by atoms with van der Waals surface area (Å²) in [5, 5.41) is 7.70. The first-order valence-corrected chi connectivity index (χ1v) is 12.2. The van der Waals surface area contributed by atoms with Crippen LogP contribution in [0.4, 0.5) is 0 Å². The van der Waals surface area contributed by atoms with Crippen molar-refractivity contribution in [1.82, 2.24) is 4.90 Å². The van der Waals surface area contributed by atoms with Gasteiger partial charge in [0.1, 0.15) is 0 Å². The molecule has 2 aromatic carbocycles. The zero-order valence-electron chi connectivity index (χ0n) is 19.9. The van der Waals surface area contributed by atoms with Crippen LogP contribution in [-0.4, -0.2) is 29.1 Å². The molecular formula is C28H38N2OS. The highest BCUT2D eigenvalue weighted by molar-refractivity contribution is 7.84. The van der Waals surface area contributed by atoms with Crippen molar-refractivity contribution in [2.75, 3.05) is 6.54 Å². The molecule has 1 saturated heterocycles. The van der Waals surface area contributed by atoms with Gasteiger partial charge < -0.3 is 10.3 Å². The zero-order chi connectivity index (χ0) is 23.5. The SMILES string of the molecule is C=C(S)C1CCCN1C(=O)c1ccc(CCCC)cc1.CCCC(=N)c1ccc(C)cc1. The molecule has 0 aromatic heterocycles. The van der Waals surface area contributed by atoms with Crippen molar-refractivity contribution in [2.45, 2.75) is 71.8 Å². The van der Waals surface area contributed by atoms with Gasteiger partial charge in [-0.3, -0.25) is 4.79 Å². The van der Waals surface area contributed by atoms with Crippen LogP contribution in [0.15, 0.2) is 60.0 Å². The third-order valence-corrected chi connectivity index (χ3v) is 6.12. The number of amides is 1. The number of carbonyl (C=O) groups excluding carboxylic acids is 1. The van der Waals surface area contributed by atoms with E-state index in [-0.39, 0.29) is 11.9 Å². The van der Waals surface area contributed by atoms with Gasteiger partial charge in [0, 0.05) is 17.8 Å². The molecular weight excluding hydrogens is 412 g/mol. The third kappa shape index (κ3) is 7.67. The second kappa shape index (κ2) is 13.3. The van der Waals surface area contributed by atoms with Crippen LogP contribution in [0, 0.1) is 12.3 Å². The Balaban J connectivity index is 0.000000258. The number of benzene rings is 2. The van der Waals surface area contributed by atoms with Gasteiger partial charge in [0.25, 0.3) is 5.91 Å². The predicted molar refractivity (Wildman–Crippen MR) is 140 cm³/mol. The lowest BCUT2D eigenvalue weighted by Gasteiger charge is -2.24. The topological polar surface area (TPSA) is 44.2 Å². The fraction of sp³-hybridized carbons (Fsp3) is 0.429. The van der Waals surface area contributed by atoms with Crippen LogP contribution in [0.3, 0.4) is 0 Å². The van der Waals surface area contributed by atoms with Crippen molar-refractivity contribution >= 4 is 24.2 Å². The molecule has 0 saturated carbocycles. The lowest BCUT2D eigenvalue weighted by Crippen LogP contribution is -2.35. The van der Waals surface area contributed by atoms with Crippen molar-refractivity contribution in [3.8, 4) is 0 Å². The second-order valence-corrected chi connectivity index (χ2v) is 9.12. The largest absolute Gasteiger partial charge is 0.331 e. The van der Waals surface area contributed by atoms with E-state index in [2.05, 4.69) is 64.2 Å². The van der Waals surface area contributed by atoms with E-state index < -0.39 is 0 Å². The number of thiol groups is 1. The normalized spacial score (nSPS) is 15.1. The fourth-order valence-corrected chi connectivity index (χ4v) is 4.13. The molecule has 0 spiro atoms. The van der Waals surface area contributed by atoms with Gasteiger partial charge in [0.05, 0.1) is 6.04 Å². The van der Waals surface area contributed by atoms with Gasteiger partial charge in [-0.15, -0.1) is 12.6 Å². The second-order valence-electron chi connectivity index (χ2n) is 8.54. The zero-order valence-corrected chi connectivity index (χ0v) is 20.8. The Labute approximate surface area is 199 Å². The maximum atomic E-state index is 12.5. The van der Waals surface area contributed by atoms with Crippen LogP contribution in [0.5, 0.6) is 0 Å². The monoisotopic (exact) mass is 450 g/mol. The first kappa shape index (κ1) is 25.9. The Morgan fingerprint density at radius 2 is 1.69 bits per heavy atom. The standard InChI is InChI=1S/C17H23NOS.C11H15N/c1-3-4-6-14-8-10-15(11-9-14)17(19)18-12-5-7-16(18)13(2)20;1-3-4-11(12)10-7-5-9(2)6-8-10/h8-11,16,20H,2-7,12H2,1H3;5-8,12H,3-4H2,1-2H3. The van der Waals surface area contributed by atoms with Crippen LogP contribution in [0.25, 0.3) is 0 Å². The molecule has 2 aromatic rings. The number of nitrogens with zero attached hydrogens (tertiary/aromatic N) is 1. The number of unbranched alkanes of at least 4 members (excludes halogenated alkanes) is 1. The highest BCUT2D eigenvalue weighted by Gasteiger charge is 2.30. The highest BCUT2D eigenvalue weighted by Crippen LogP contribution is 2.26. The average Bonchev–Trinajstić information content (AvgIpc) is 3.29.